The predicted octanol–water partition coefficient (Wildman–Crippen LogP) is 2.20. The molecule has 3 N–H and O–H groups in total. The number of ether oxygens (including phenoxy) is 1. The van der Waals surface area contributed by atoms with Crippen molar-refractivity contribution in [3.63, 3.8) is 0 Å². The zero-order chi connectivity index (χ0) is 18.1. The topological polar surface area (TPSA) is 104 Å². The molecule has 0 saturated heterocycles. The van der Waals surface area contributed by atoms with Gasteiger partial charge >= 0.3 is 5.97 Å². The van der Waals surface area contributed by atoms with Crippen molar-refractivity contribution < 1.29 is 14.6 Å². The molecule has 1 unspecified atom stereocenters. The highest BCUT2D eigenvalue weighted by molar-refractivity contribution is 7.98. The number of hydrogen-bond acceptors (Lipinski definition) is 7. The van der Waals surface area contributed by atoms with Crippen molar-refractivity contribution in [1.82, 2.24) is 9.97 Å². The number of aromatic amines is 1. The second-order valence-electron chi connectivity index (χ2n) is 5.52. The van der Waals surface area contributed by atoms with Gasteiger partial charge in [-0.05, 0) is 30.9 Å². The quantitative estimate of drug-likeness (QED) is 0.438. The zero-order valence-electron chi connectivity index (χ0n) is 13.9. The number of fused-ring (bicyclic) bond motifs is 1. The molecule has 0 bridgehead atoms. The fraction of sp³-hybridized carbons (Fsp3) is 0.235. The summed E-state index contributed by atoms with van der Waals surface area (Å²) in [6.45, 7) is 1.74. The lowest BCUT2D eigenvalue weighted by Gasteiger charge is -2.28. The maximum absolute atomic E-state index is 12.7. The standard InChI is InChI=1S/C17H17N3O4S/c1-8-11(16(23)24-2)12(9-4-6-10(21)7-5-9)13-14(18-8)19-17(25-3)20-15(13)22/h4-7,12,21H,1-3H3,(H2,18,19,20,22). The number of aromatic hydroxyl groups is 1. The van der Waals surface area contributed by atoms with Crippen molar-refractivity contribution in [3.8, 4) is 5.75 Å². The Labute approximate surface area is 148 Å². The van der Waals surface area contributed by atoms with Gasteiger partial charge in [-0.2, -0.15) is 0 Å². The molecule has 130 valence electrons. The Kier molecular flexibility index (Phi) is 4.54. The summed E-state index contributed by atoms with van der Waals surface area (Å²) in [5.74, 6) is -0.655. The molecule has 0 aliphatic carbocycles. The van der Waals surface area contributed by atoms with Gasteiger partial charge in [-0.3, -0.25) is 4.79 Å². The number of nitrogens with zero attached hydrogens (tertiary/aromatic N) is 1. The van der Waals surface area contributed by atoms with Crippen molar-refractivity contribution in [2.75, 3.05) is 18.7 Å². The summed E-state index contributed by atoms with van der Waals surface area (Å²) in [6, 6.07) is 6.37. The van der Waals surface area contributed by atoms with Crippen LogP contribution in [0.25, 0.3) is 0 Å². The van der Waals surface area contributed by atoms with Crippen LogP contribution in [0.15, 0.2) is 45.5 Å². The van der Waals surface area contributed by atoms with Gasteiger partial charge in [-0.25, -0.2) is 9.78 Å². The largest absolute Gasteiger partial charge is 0.508 e. The van der Waals surface area contributed by atoms with E-state index in [2.05, 4.69) is 15.3 Å². The Morgan fingerprint density at radius 3 is 2.60 bits per heavy atom. The molecule has 25 heavy (non-hydrogen) atoms. The van der Waals surface area contributed by atoms with Crippen LogP contribution < -0.4 is 10.9 Å². The monoisotopic (exact) mass is 359 g/mol. The molecule has 1 aliphatic heterocycles. The molecule has 1 aromatic carbocycles. The number of methoxy groups -OCH3 is 1. The second kappa shape index (κ2) is 6.64. The van der Waals surface area contributed by atoms with Crippen molar-refractivity contribution in [2.45, 2.75) is 18.0 Å². The number of rotatable bonds is 3. The normalized spacial score (nSPS) is 16.2. The van der Waals surface area contributed by atoms with E-state index in [0.29, 0.717) is 33.4 Å². The van der Waals surface area contributed by atoms with Crippen LogP contribution in [0, 0.1) is 0 Å². The number of thioether (sulfide) groups is 1. The van der Waals surface area contributed by atoms with Crippen LogP contribution in [0.3, 0.4) is 0 Å². The third-order valence-corrected chi connectivity index (χ3v) is 4.63. The first-order valence-corrected chi connectivity index (χ1v) is 8.72. The lowest BCUT2D eigenvalue weighted by molar-refractivity contribution is -0.136. The highest BCUT2D eigenvalue weighted by Gasteiger charge is 2.36. The van der Waals surface area contributed by atoms with Crippen LogP contribution in [-0.4, -0.2) is 34.4 Å². The van der Waals surface area contributed by atoms with E-state index in [4.69, 9.17) is 4.74 Å². The maximum atomic E-state index is 12.7. The van der Waals surface area contributed by atoms with Gasteiger partial charge < -0.3 is 20.1 Å². The van der Waals surface area contributed by atoms with Crippen LogP contribution in [0.5, 0.6) is 5.75 Å². The Morgan fingerprint density at radius 2 is 2.00 bits per heavy atom. The summed E-state index contributed by atoms with van der Waals surface area (Å²) in [5.41, 5.74) is 1.61. The van der Waals surface area contributed by atoms with Crippen LogP contribution >= 0.6 is 11.8 Å². The predicted molar refractivity (Wildman–Crippen MR) is 94.9 cm³/mol. The van der Waals surface area contributed by atoms with E-state index >= 15 is 0 Å². The van der Waals surface area contributed by atoms with Crippen LogP contribution in [0.2, 0.25) is 0 Å². The molecule has 0 spiro atoms. The molecule has 0 radical (unpaired) electrons. The minimum Gasteiger partial charge on any atom is -0.508 e. The highest BCUT2D eigenvalue weighted by atomic mass is 32.2. The number of esters is 1. The number of H-pyrrole nitrogens is 1. The van der Waals surface area contributed by atoms with Crippen molar-refractivity contribution in [2.24, 2.45) is 0 Å². The number of allylic oxidation sites excluding steroid dienone is 1. The van der Waals surface area contributed by atoms with Gasteiger partial charge in [0.1, 0.15) is 11.6 Å². The van der Waals surface area contributed by atoms with E-state index in [9.17, 15) is 14.7 Å². The summed E-state index contributed by atoms with van der Waals surface area (Å²) >= 11 is 1.32. The summed E-state index contributed by atoms with van der Waals surface area (Å²) in [4.78, 5) is 32.2. The summed E-state index contributed by atoms with van der Waals surface area (Å²) < 4.78 is 4.91. The van der Waals surface area contributed by atoms with Crippen molar-refractivity contribution >= 4 is 23.5 Å². The molecular weight excluding hydrogens is 342 g/mol. The maximum Gasteiger partial charge on any atom is 0.336 e. The summed E-state index contributed by atoms with van der Waals surface area (Å²) in [5, 5.41) is 13.1. The molecule has 1 aliphatic rings. The van der Waals surface area contributed by atoms with Crippen LogP contribution in [0.1, 0.15) is 24.0 Å². The van der Waals surface area contributed by atoms with Crippen molar-refractivity contribution in [1.29, 1.82) is 0 Å². The first-order chi connectivity index (χ1) is 12.0. The molecule has 3 rings (SSSR count). The molecule has 1 aromatic heterocycles. The number of benzene rings is 1. The summed E-state index contributed by atoms with van der Waals surface area (Å²) in [7, 11) is 1.30. The molecular formula is C17H17N3O4S. The number of hydrogen-bond donors (Lipinski definition) is 3. The first-order valence-electron chi connectivity index (χ1n) is 7.49. The van der Waals surface area contributed by atoms with Gasteiger partial charge in [0.2, 0.25) is 0 Å². The number of nitrogens with one attached hydrogen (secondary N) is 2. The van der Waals surface area contributed by atoms with E-state index in [-0.39, 0.29) is 11.3 Å². The number of phenolic OH excluding ortho intramolecular Hbond substituents is 1. The first kappa shape index (κ1) is 17.1. The highest BCUT2D eigenvalue weighted by Crippen LogP contribution is 2.40. The number of aromatic nitrogens is 2. The number of carbonyl (C=O) groups excluding carboxylic acids is 1. The van der Waals surface area contributed by atoms with Crippen molar-refractivity contribution in [3.05, 3.63) is 57.0 Å². The molecule has 0 amide bonds. The lowest BCUT2D eigenvalue weighted by Crippen LogP contribution is -2.30. The number of phenols is 1. The Bertz CT molecular complexity index is 918. The van der Waals surface area contributed by atoms with E-state index < -0.39 is 11.9 Å². The van der Waals surface area contributed by atoms with Gasteiger partial charge in [-0.1, -0.05) is 23.9 Å². The van der Waals surface area contributed by atoms with Crippen LogP contribution in [0.4, 0.5) is 5.82 Å². The minimum atomic E-state index is -0.642. The summed E-state index contributed by atoms with van der Waals surface area (Å²) in [6.07, 6.45) is 1.81. The van der Waals surface area contributed by atoms with Gasteiger partial charge in [0.25, 0.3) is 5.56 Å². The number of carbonyl (C=O) groups is 1. The molecule has 2 aromatic rings. The molecule has 2 heterocycles. The Hall–Kier alpha value is -2.74. The van der Waals surface area contributed by atoms with Gasteiger partial charge in [-0.15, -0.1) is 0 Å². The third-order valence-electron chi connectivity index (χ3n) is 4.05. The molecule has 0 fully saturated rings. The third kappa shape index (κ3) is 3.00. The molecule has 7 nitrogen and oxygen atoms in total. The van der Waals surface area contributed by atoms with E-state index in [0.717, 1.165) is 0 Å². The van der Waals surface area contributed by atoms with Gasteiger partial charge in [0.05, 0.1) is 24.2 Å². The zero-order valence-corrected chi connectivity index (χ0v) is 14.7. The molecule has 0 saturated carbocycles. The Morgan fingerprint density at radius 1 is 1.32 bits per heavy atom. The van der Waals surface area contributed by atoms with Gasteiger partial charge in [0.15, 0.2) is 5.16 Å². The van der Waals surface area contributed by atoms with Gasteiger partial charge in [0, 0.05) is 5.70 Å². The SMILES string of the molecule is COC(=O)C1=C(C)Nc2nc(SC)[nH]c(=O)c2C1c1ccc(O)cc1. The van der Waals surface area contributed by atoms with E-state index in [1.54, 1.807) is 19.1 Å². The minimum absolute atomic E-state index is 0.1000. The fourth-order valence-electron chi connectivity index (χ4n) is 2.91. The number of anilines is 1. The average molecular weight is 359 g/mol. The van der Waals surface area contributed by atoms with E-state index in [1.807, 2.05) is 6.26 Å². The van der Waals surface area contributed by atoms with E-state index in [1.165, 1.54) is 31.0 Å². The smallest absolute Gasteiger partial charge is 0.336 e. The lowest BCUT2D eigenvalue weighted by atomic mass is 9.82. The second-order valence-corrected chi connectivity index (χ2v) is 6.31. The molecule has 8 heteroatoms. The van der Waals surface area contributed by atoms with Crippen LogP contribution in [-0.2, 0) is 9.53 Å². The average Bonchev–Trinajstić information content (AvgIpc) is 2.60. The molecule has 1 atom stereocenters. The Balaban J connectivity index is 2.28. The fourth-order valence-corrected chi connectivity index (χ4v) is 3.29.